The fraction of sp³-hybridized carbons (Fsp3) is 0.364. The zero-order valence-electron chi connectivity index (χ0n) is 8.59. The summed E-state index contributed by atoms with van der Waals surface area (Å²) in [7, 11) is 0. The molecular weight excluding hydrogens is 228 g/mol. The van der Waals surface area contributed by atoms with E-state index in [-0.39, 0.29) is 0 Å². The second kappa shape index (κ2) is 4.92. The van der Waals surface area contributed by atoms with Crippen molar-refractivity contribution in [3.05, 3.63) is 28.2 Å². The Balaban J connectivity index is 2.16. The van der Waals surface area contributed by atoms with Crippen molar-refractivity contribution in [2.24, 2.45) is 0 Å². The number of nitrogens with one attached hydrogen (secondary N) is 1. The number of hydrogen-bond acceptors (Lipinski definition) is 3. The van der Waals surface area contributed by atoms with E-state index in [1.807, 2.05) is 18.2 Å². The molecule has 1 aromatic heterocycles. The molecule has 0 saturated carbocycles. The van der Waals surface area contributed by atoms with Crippen molar-refractivity contribution in [2.75, 3.05) is 13.1 Å². The third-order valence-corrected chi connectivity index (χ3v) is 3.49. The number of halogens is 1. The van der Waals surface area contributed by atoms with E-state index >= 15 is 0 Å². The summed E-state index contributed by atoms with van der Waals surface area (Å²) < 4.78 is 1.21. The molecule has 0 saturated heterocycles. The predicted molar refractivity (Wildman–Crippen MR) is 66.9 cm³/mol. The van der Waals surface area contributed by atoms with Gasteiger partial charge in [0, 0.05) is 18.0 Å². The molecule has 80 valence electrons. The number of aromatic nitrogens is 1. The van der Waals surface area contributed by atoms with Crippen LogP contribution in [0.3, 0.4) is 0 Å². The first kappa shape index (κ1) is 10.9. The van der Waals surface area contributed by atoms with Gasteiger partial charge in [0.2, 0.25) is 0 Å². The number of benzene rings is 1. The lowest BCUT2D eigenvalue weighted by Crippen LogP contribution is -2.15. The summed E-state index contributed by atoms with van der Waals surface area (Å²) in [6.07, 6.45) is 0.991. The molecule has 1 aromatic carbocycles. The van der Waals surface area contributed by atoms with Crippen LogP contribution in [0.15, 0.2) is 18.2 Å². The number of rotatable bonds is 4. The summed E-state index contributed by atoms with van der Waals surface area (Å²) in [5.41, 5.74) is 1.01. The Morgan fingerprint density at radius 3 is 3.13 bits per heavy atom. The SMILES string of the molecule is CCNCCc1nc2cc(Cl)ccc2s1. The van der Waals surface area contributed by atoms with Gasteiger partial charge in [-0.25, -0.2) is 4.98 Å². The van der Waals surface area contributed by atoms with Crippen molar-refractivity contribution >= 4 is 33.2 Å². The van der Waals surface area contributed by atoms with Gasteiger partial charge in [-0.15, -0.1) is 11.3 Å². The van der Waals surface area contributed by atoms with Gasteiger partial charge in [0.1, 0.15) is 0 Å². The lowest BCUT2D eigenvalue weighted by molar-refractivity contribution is 0.715. The second-order valence-corrected chi connectivity index (χ2v) is 4.87. The van der Waals surface area contributed by atoms with Gasteiger partial charge in [-0.2, -0.15) is 0 Å². The van der Waals surface area contributed by atoms with Crippen LogP contribution < -0.4 is 5.32 Å². The van der Waals surface area contributed by atoms with Gasteiger partial charge in [0.25, 0.3) is 0 Å². The summed E-state index contributed by atoms with van der Waals surface area (Å²) in [5, 5.41) is 5.22. The maximum atomic E-state index is 5.91. The monoisotopic (exact) mass is 240 g/mol. The number of likely N-dealkylation sites (N-methyl/N-ethyl adjacent to an activating group) is 1. The van der Waals surface area contributed by atoms with Crippen LogP contribution in [0.25, 0.3) is 10.2 Å². The first-order valence-corrected chi connectivity index (χ1v) is 6.24. The zero-order chi connectivity index (χ0) is 10.7. The summed E-state index contributed by atoms with van der Waals surface area (Å²) in [6.45, 7) is 4.11. The molecule has 4 heteroatoms. The zero-order valence-corrected chi connectivity index (χ0v) is 10.2. The molecule has 2 nitrogen and oxygen atoms in total. The van der Waals surface area contributed by atoms with Gasteiger partial charge in [0.05, 0.1) is 15.2 Å². The molecule has 15 heavy (non-hydrogen) atoms. The molecule has 0 spiro atoms. The van der Waals surface area contributed by atoms with Crippen LogP contribution in [0, 0.1) is 0 Å². The van der Waals surface area contributed by atoms with Gasteiger partial charge < -0.3 is 5.32 Å². The van der Waals surface area contributed by atoms with Crippen molar-refractivity contribution < 1.29 is 0 Å². The van der Waals surface area contributed by atoms with Gasteiger partial charge in [-0.05, 0) is 24.7 Å². The maximum absolute atomic E-state index is 5.91. The van der Waals surface area contributed by atoms with Crippen LogP contribution in [0.4, 0.5) is 0 Å². The quantitative estimate of drug-likeness (QED) is 0.831. The van der Waals surface area contributed by atoms with E-state index in [1.165, 1.54) is 9.71 Å². The molecule has 1 N–H and O–H groups in total. The number of nitrogens with zero attached hydrogens (tertiary/aromatic N) is 1. The van der Waals surface area contributed by atoms with Crippen LogP contribution in [-0.2, 0) is 6.42 Å². The maximum Gasteiger partial charge on any atom is 0.0951 e. The Kier molecular flexibility index (Phi) is 3.57. The van der Waals surface area contributed by atoms with Crippen molar-refractivity contribution in [1.82, 2.24) is 10.3 Å². The van der Waals surface area contributed by atoms with Gasteiger partial charge in [-0.3, -0.25) is 0 Å². The van der Waals surface area contributed by atoms with Crippen LogP contribution in [-0.4, -0.2) is 18.1 Å². The minimum absolute atomic E-state index is 0.756. The van der Waals surface area contributed by atoms with E-state index < -0.39 is 0 Å². The van der Waals surface area contributed by atoms with Crippen molar-refractivity contribution in [3.63, 3.8) is 0 Å². The highest BCUT2D eigenvalue weighted by molar-refractivity contribution is 7.18. The lowest BCUT2D eigenvalue weighted by atomic mass is 10.3. The molecule has 0 amide bonds. The predicted octanol–water partition coefficient (Wildman–Crippen LogP) is 3.10. The van der Waals surface area contributed by atoms with E-state index in [0.717, 1.165) is 30.0 Å². The standard InChI is InChI=1S/C11H13ClN2S/c1-2-13-6-5-11-14-9-7-8(12)3-4-10(9)15-11/h3-4,7,13H,2,5-6H2,1H3. The van der Waals surface area contributed by atoms with E-state index in [0.29, 0.717) is 0 Å². The Morgan fingerprint density at radius 2 is 2.33 bits per heavy atom. The summed E-state index contributed by atoms with van der Waals surface area (Å²) >= 11 is 7.65. The number of hydrogen-bond donors (Lipinski definition) is 1. The highest BCUT2D eigenvalue weighted by Crippen LogP contribution is 2.24. The molecule has 2 aromatic rings. The normalized spacial score (nSPS) is 11.1. The average molecular weight is 241 g/mol. The van der Waals surface area contributed by atoms with Crippen molar-refractivity contribution in [1.29, 1.82) is 0 Å². The largest absolute Gasteiger partial charge is 0.317 e. The highest BCUT2D eigenvalue weighted by atomic mass is 35.5. The Hall–Kier alpha value is -0.640. The second-order valence-electron chi connectivity index (χ2n) is 3.32. The van der Waals surface area contributed by atoms with E-state index in [9.17, 15) is 0 Å². The summed E-state index contributed by atoms with van der Waals surface area (Å²) in [4.78, 5) is 4.54. The van der Waals surface area contributed by atoms with Crippen LogP contribution >= 0.6 is 22.9 Å². The summed E-state index contributed by atoms with van der Waals surface area (Å²) in [6, 6.07) is 5.87. The number of fused-ring (bicyclic) bond motifs is 1. The first-order valence-electron chi connectivity index (χ1n) is 5.05. The van der Waals surface area contributed by atoms with Crippen LogP contribution in [0.2, 0.25) is 5.02 Å². The lowest BCUT2D eigenvalue weighted by Gasteiger charge is -1.96. The Morgan fingerprint density at radius 1 is 1.47 bits per heavy atom. The molecule has 0 atom stereocenters. The van der Waals surface area contributed by atoms with E-state index in [1.54, 1.807) is 11.3 Å². The van der Waals surface area contributed by atoms with Crippen molar-refractivity contribution in [3.8, 4) is 0 Å². The topological polar surface area (TPSA) is 24.9 Å². The minimum Gasteiger partial charge on any atom is -0.317 e. The van der Waals surface area contributed by atoms with Crippen LogP contribution in [0.5, 0.6) is 0 Å². The van der Waals surface area contributed by atoms with Gasteiger partial charge in [0.15, 0.2) is 0 Å². The third kappa shape index (κ3) is 2.68. The first-order chi connectivity index (χ1) is 7.29. The van der Waals surface area contributed by atoms with E-state index in [4.69, 9.17) is 11.6 Å². The fourth-order valence-electron chi connectivity index (χ4n) is 1.43. The molecule has 0 bridgehead atoms. The van der Waals surface area contributed by atoms with Crippen LogP contribution in [0.1, 0.15) is 11.9 Å². The average Bonchev–Trinajstić information content (AvgIpc) is 2.60. The molecule has 0 aliphatic heterocycles. The highest BCUT2D eigenvalue weighted by Gasteiger charge is 2.03. The molecule has 0 aliphatic carbocycles. The number of thiazole rings is 1. The molecule has 2 rings (SSSR count). The van der Waals surface area contributed by atoms with Gasteiger partial charge in [-0.1, -0.05) is 18.5 Å². The minimum atomic E-state index is 0.756. The van der Waals surface area contributed by atoms with E-state index in [2.05, 4.69) is 17.2 Å². The fourth-order valence-corrected chi connectivity index (χ4v) is 2.54. The summed E-state index contributed by atoms with van der Waals surface area (Å²) in [5.74, 6) is 0. The Labute approximate surface area is 98.3 Å². The molecule has 0 unspecified atom stereocenters. The van der Waals surface area contributed by atoms with Crippen molar-refractivity contribution in [2.45, 2.75) is 13.3 Å². The third-order valence-electron chi connectivity index (χ3n) is 2.16. The molecule has 0 radical (unpaired) electrons. The Bertz CT molecular complexity index is 453. The molecule has 0 aliphatic rings. The molecule has 0 fully saturated rings. The molecular formula is C11H13ClN2S. The molecule has 1 heterocycles. The van der Waals surface area contributed by atoms with Gasteiger partial charge >= 0.3 is 0 Å². The smallest absolute Gasteiger partial charge is 0.0951 e.